The number of hydrogen-bond donors (Lipinski definition) is 2. The minimum Gasteiger partial charge on any atom is -0.491 e. The van der Waals surface area contributed by atoms with Crippen molar-refractivity contribution in [3.63, 3.8) is 0 Å². The molecule has 1 heterocycles. The topological polar surface area (TPSA) is 44.7 Å². The summed E-state index contributed by atoms with van der Waals surface area (Å²) >= 11 is 0. The van der Waals surface area contributed by atoms with Gasteiger partial charge in [-0.1, -0.05) is 12.1 Å². The normalized spacial score (nSPS) is 17.6. The van der Waals surface area contributed by atoms with Crippen molar-refractivity contribution >= 4 is 0 Å². The second-order valence-corrected chi connectivity index (χ2v) is 4.97. The van der Waals surface area contributed by atoms with Crippen molar-refractivity contribution in [1.29, 1.82) is 0 Å². The zero-order valence-corrected chi connectivity index (χ0v) is 11.6. The molecule has 0 amide bonds. The average molecular weight is 264 g/mol. The third-order valence-corrected chi connectivity index (χ3v) is 3.63. The molecule has 1 aliphatic heterocycles. The van der Waals surface area contributed by atoms with E-state index < -0.39 is 0 Å². The van der Waals surface area contributed by atoms with Crippen LogP contribution in [0.5, 0.6) is 5.75 Å². The van der Waals surface area contributed by atoms with Crippen molar-refractivity contribution in [3.05, 3.63) is 29.8 Å². The van der Waals surface area contributed by atoms with Crippen LogP contribution < -0.4 is 10.1 Å². The van der Waals surface area contributed by atoms with Crippen molar-refractivity contribution in [3.8, 4) is 5.75 Å². The molecule has 4 heteroatoms. The van der Waals surface area contributed by atoms with Gasteiger partial charge in [-0.15, -0.1) is 0 Å². The van der Waals surface area contributed by atoms with Gasteiger partial charge in [-0.2, -0.15) is 0 Å². The second-order valence-electron chi connectivity index (χ2n) is 4.97. The number of benzene rings is 1. The van der Waals surface area contributed by atoms with Crippen LogP contribution in [0, 0.1) is 0 Å². The Bertz CT molecular complexity index is 361. The monoisotopic (exact) mass is 264 g/mol. The number of aliphatic hydroxyl groups is 1. The summed E-state index contributed by atoms with van der Waals surface area (Å²) in [6, 6.07) is 8.16. The Balaban J connectivity index is 1.89. The Morgan fingerprint density at radius 2 is 1.95 bits per heavy atom. The van der Waals surface area contributed by atoms with Gasteiger partial charge in [-0.3, -0.25) is 4.90 Å². The van der Waals surface area contributed by atoms with Crippen LogP contribution in [-0.2, 0) is 6.42 Å². The molecule has 1 aliphatic rings. The Kier molecular flexibility index (Phi) is 5.63. The second kappa shape index (κ2) is 7.48. The molecule has 1 aromatic rings. The van der Waals surface area contributed by atoms with Gasteiger partial charge in [-0.05, 0) is 50.7 Å². The molecule has 0 aliphatic carbocycles. The molecule has 1 saturated heterocycles. The molecule has 106 valence electrons. The molecule has 4 nitrogen and oxygen atoms in total. The largest absolute Gasteiger partial charge is 0.491 e. The molecular weight excluding hydrogens is 240 g/mol. The number of rotatable bonds is 7. The van der Waals surface area contributed by atoms with E-state index in [-0.39, 0.29) is 6.61 Å². The highest BCUT2D eigenvalue weighted by atomic mass is 16.5. The summed E-state index contributed by atoms with van der Waals surface area (Å²) in [7, 11) is 2.03. The quantitative estimate of drug-likeness (QED) is 0.778. The Morgan fingerprint density at radius 1 is 1.26 bits per heavy atom. The van der Waals surface area contributed by atoms with E-state index in [1.165, 1.54) is 31.5 Å². The molecule has 1 atom stereocenters. The number of nitrogens with zero attached hydrogens (tertiary/aromatic N) is 1. The fraction of sp³-hybridized carbons (Fsp3) is 0.600. The van der Waals surface area contributed by atoms with E-state index in [2.05, 4.69) is 22.3 Å². The van der Waals surface area contributed by atoms with Crippen molar-refractivity contribution in [1.82, 2.24) is 10.2 Å². The van der Waals surface area contributed by atoms with E-state index in [0.717, 1.165) is 12.2 Å². The third-order valence-electron chi connectivity index (χ3n) is 3.63. The van der Waals surface area contributed by atoms with Gasteiger partial charge in [0.25, 0.3) is 0 Å². The van der Waals surface area contributed by atoms with Crippen LogP contribution in [0.2, 0.25) is 0 Å². The van der Waals surface area contributed by atoms with E-state index in [1.54, 1.807) is 0 Å². The van der Waals surface area contributed by atoms with Gasteiger partial charge in [0, 0.05) is 6.42 Å². The first-order valence-electron chi connectivity index (χ1n) is 7.07. The number of likely N-dealkylation sites (N-methyl/N-ethyl adjacent to an activating group) is 1. The zero-order chi connectivity index (χ0) is 13.5. The maximum Gasteiger partial charge on any atom is 0.119 e. The van der Waals surface area contributed by atoms with Crippen molar-refractivity contribution in [2.24, 2.45) is 0 Å². The number of hydrogen-bond acceptors (Lipinski definition) is 4. The first-order valence-corrected chi connectivity index (χ1v) is 7.07. The summed E-state index contributed by atoms with van der Waals surface area (Å²) < 4.78 is 5.37. The third kappa shape index (κ3) is 4.20. The minimum absolute atomic E-state index is 0.0541. The number of aliphatic hydroxyl groups excluding tert-OH is 1. The number of likely N-dealkylation sites (tertiary alicyclic amines) is 1. The van der Waals surface area contributed by atoms with E-state index in [0.29, 0.717) is 12.8 Å². The highest BCUT2D eigenvalue weighted by Crippen LogP contribution is 2.16. The van der Waals surface area contributed by atoms with Crippen LogP contribution in [0.15, 0.2) is 24.3 Å². The summed E-state index contributed by atoms with van der Waals surface area (Å²) in [4.78, 5) is 2.51. The molecular formula is C15H24N2O2. The maximum absolute atomic E-state index is 8.72. The van der Waals surface area contributed by atoms with Gasteiger partial charge < -0.3 is 15.2 Å². The highest BCUT2D eigenvalue weighted by Gasteiger charge is 2.20. The standard InChI is InChI=1S/C15H24N2O2/c1-16-15(17-8-2-3-9-17)12-13-4-6-14(7-5-13)19-11-10-18/h4-7,15-16,18H,2-3,8-12H2,1H3. The lowest BCUT2D eigenvalue weighted by atomic mass is 10.1. The van der Waals surface area contributed by atoms with Crippen LogP contribution in [0.1, 0.15) is 18.4 Å². The van der Waals surface area contributed by atoms with Gasteiger partial charge in [0.2, 0.25) is 0 Å². The Morgan fingerprint density at radius 3 is 2.53 bits per heavy atom. The fourth-order valence-electron chi connectivity index (χ4n) is 2.58. The van der Waals surface area contributed by atoms with Crippen molar-refractivity contribution in [2.45, 2.75) is 25.4 Å². The highest BCUT2D eigenvalue weighted by molar-refractivity contribution is 5.27. The predicted octanol–water partition coefficient (Wildman–Crippen LogP) is 1.24. The van der Waals surface area contributed by atoms with Crippen LogP contribution in [-0.4, -0.2) is 49.5 Å². The van der Waals surface area contributed by atoms with Crippen LogP contribution in [0.4, 0.5) is 0 Å². The van der Waals surface area contributed by atoms with Crippen LogP contribution in [0.25, 0.3) is 0 Å². The van der Waals surface area contributed by atoms with E-state index >= 15 is 0 Å². The minimum atomic E-state index is 0.0541. The van der Waals surface area contributed by atoms with Gasteiger partial charge >= 0.3 is 0 Å². The van der Waals surface area contributed by atoms with Gasteiger partial charge in [0.1, 0.15) is 12.4 Å². The van der Waals surface area contributed by atoms with Gasteiger partial charge in [0.15, 0.2) is 0 Å². The first kappa shape index (κ1) is 14.3. The predicted molar refractivity (Wildman–Crippen MR) is 76.4 cm³/mol. The fourth-order valence-corrected chi connectivity index (χ4v) is 2.58. The summed E-state index contributed by atoms with van der Waals surface area (Å²) in [5, 5.41) is 12.1. The molecule has 1 aromatic carbocycles. The summed E-state index contributed by atoms with van der Waals surface area (Å²) in [5.41, 5.74) is 1.31. The number of nitrogens with one attached hydrogen (secondary N) is 1. The molecule has 2 N–H and O–H groups in total. The van der Waals surface area contributed by atoms with Gasteiger partial charge in [0.05, 0.1) is 12.8 Å². The molecule has 0 radical (unpaired) electrons. The smallest absolute Gasteiger partial charge is 0.119 e. The molecule has 0 spiro atoms. The van der Waals surface area contributed by atoms with E-state index in [1.807, 2.05) is 19.2 Å². The van der Waals surface area contributed by atoms with Crippen LogP contribution >= 0.6 is 0 Å². The lowest BCUT2D eigenvalue weighted by Crippen LogP contribution is -2.43. The molecule has 1 unspecified atom stereocenters. The van der Waals surface area contributed by atoms with Crippen molar-refractivity contribution in [2.75, 3.05) is 33.4 Å². The summed E-state index contributed by atoms with van der Waals surface area (Å²) in [6.07, 6.45) is 4.06. The van der Waals surface area contributed by atoms with E-state index in [4.69, 9.17) is 9.84 Å². The van der Waals surface area contributed by atoms with Crippen LogP contribution in [0.3, 0.4) is 0 Å². The number of ether oxygens (including phenoxy) is 1. The maximum atomic E-state index is 8.72. The molecule has 1 fully saturated rings. The lowest BCUT2D eigenvalue weighted by Gasteiger charge is -2.27. The van der Waals surface area contributed by atoms with E-state index in [9.17, 15) is 0 Å². The average Bonchev–Trinajstić information content (AvgIpc) is 2.98. The summed E-state index contributed by atoms with van der Waals surface area (Å²) in [5.74, 6) is 0.819. The molecule has 0 saturated carbocycles. The Labute approximate surface area is 115 Å². The SMILES string of the molecule is CNC(Cc1ccc(OCCO)cc1)N1CCCC1. The molecule has 0 bridgehead atoms. The van der Waals surface area contributed by atoms with Gasteiger partial charge in [-0.25, -0.2) is 0 Å². The zero-order valence-electron chi connectivity index (χ0n) is 11.6. The summed E-state index contributed by atoms with van der Waals surface area (Å²) in [6.45, 7) is 2.80. The van der Waals surface area contributed by atoms with Crippen molar-refractivity contribution < 1.29 is 9.84 Å². The lowest BCUT2D eigenvalue weighted by molar-refractivity contribution is 0.201. The Hall–Kier alpha value is -1.10. The molecule has 0 aromatic heterocycles. The first-order chi connectivity index (χ1) is 9.33. The molecule has 2 rings (SSSR count). The molecule has 19 heavy (non-hydrogen) atoms.